The van der Waals surface area contributed by atoms with Crippen LogP contribution in [0, 0.1) is 0 Å². The van der Waals surface area contributed by atoms with Crippen molar-refractivity contribution in [2.45, 2.75) is 19.8 Å². The summed E-state index contributed by atoms with van der Waals surface area (Å²) in [5.41, 5.74) is 0.939. The molecule has 0 aromatic heterocycles. The largest absolute Gasteiger partial charge is 0.496 e. The summed E-state index contributed by atoms with van der Waals surface area (Å²) in [4.78, 5) is 11.3. The quantitative estimate of drug-likeness (QED) is 0.828. The standard InChI is InChI=1S/C11H13BrO2/c1-3-10(13)7-8-6-9(12)4-5-11(8)14-2/h4-6H,3,7H2,1-2H3. The summed E-state index contributed by atoms with van der Waals surface area (Å²) in [6.45, 7) is 1.87. The van der Waals surface area contributed by atoms with Crippen molar-refractivity contribution >= 4 is 21.7 Å². The minimum Gasteiger partial charge on any atom is -0.496 e. The van der Waals surface area contributed by atoms with E-state index in [9.17, 15) is 4.79 Å². The molecule has 0 N–H and O–H groups in total. The van der Waals surface area contributed by atoms with Gasteiger partial charge in [0.05, 0.1) is 7.11 Å². The molecule has 0 aliphatic rings. The van der Waals surface area contributed by atoms with Gasteiger partial charge >= 0.3 is 0 Å². The van der Waals surface area contributed by atoms with Crippen LogP contribution in [0.4, 0.5) is 0 Å². The van der Waals surface area contributed by atoms with Gasteiger partial charge in [-0.15, -0.1) is 0 Å². The maximum absolute atomic E-state index is 11.3. The van der Waals surface area contributed by atoms with Crippen molar-refractivity contribution in [3.8, 4) is 5.75 Å². The van der Waals surface area contributed by atoms with Crippen LogP contribution in [0.15, 0.2) is 22.7 Å². The molecule has 0 saturated carbocycles. The van der Waals surface area contributed by atoms with Gasteiger partial charge in [0.15, 0.2) is 0 Å². The first-order chi connectivity index (χ1) is 6.67. The predicted molar refractivity (Wildman–Crippen MR) is 59.7 cm³/mol. The lowest BCUT2D eigenvalue weighted by Crippen LogP contribution is -2.02. The smallest absolute Gasteiger partial charge is 0.137 e. The van der Waals surface area contributed by atoms with Crippen molar-refractivity contribution in [1.82, 2.24) is 0 Å². The average Bonchev–Trinajstić information content (AvgIpc) is 2.18. The maximum Gasteiger partial charge on any atom is 0.137 e. The third-order valence-electron chi connectivity index (χ3n) is 2.02. The van der Waals surface area contributed by atoms with Gasteiger partial charge in [0.2, 0.25) is 0 Å². The number of hydrogen-bond donors (Lipinski definition) is 0. The Balaban J connectivity index is 2.93. The van der Waals surface area contributed by atoms with E-state index in [-0.39, 0.29) is 5.78 Å². The fraction of sp³-hybridized carbons (Fsp3) is 0.364. The van der Waals surface area contributed by atoms with Gasteiger partial charge in [0.1, 0.15) is 11.5 Å². The minimum atomic E-state index is 0.224. The fourth-order valence-electron chi connectivity index (χ4n) is 1.22. The number of Topliss-reactive ketones (excluding diaryl/α,β-unsaturated/α-hetero) is 1. The molecule has 0 amide bonds. The molecule has 0 fully saturated rings. The summed E-state index contributed by atoms with van der Waals surface area (Å²) in [6.07, 6.45) is 1.01. The third kappa shape index (κ3) is 2.84. The van der Waals surface area contributed by atoms with E-state index >= 15 is 0 Å². The third-order valence-corrected chi connectivity index (χ3v) is 2.52. The van der Waals surface area contributed by atoms with Crippen LogP contribution < -0.4 is 4.74 Å². The van der Waals surface area contributed by atoms with E-state index in [1.54, 1.807) is 7.11 Å². The molecule has 1 rings (SSSR count). The lowest BCUT2D eigenvalue weighted by molar-refractivity contribution is -0.118. The number of carbonyl (C=O) groups excluding carboxylic acids is 1. The molecule has 1 aromatic carbocycles. The van der Waals surface area contributed by atoms with E-state index in [2.05, 4.69) is 15.9 Å². The Labute approximate surface area is 92.4 Å². The summed E-state index contributed by atoms with van der Waals surface area (Å²) >= 11 is 3.37. The molecule has 3 heteroatoms. The monoisotopic (exact) mass is 256 g/mol. The molecular weight excluding hydrogens is 244 g/mol. The molecule has 0 spiro atoms. The SMILES string of the molecule is CCC(=O)Cc1cc(Br)ccc1OC. The van der Waals surface area contributed by atoms with Crippen molar-refractivity contribution in [2.24, 2.45) is 0 Å². The number of methoxy groups -OCH3 is 1. The van der Waals surface area contributed by atoms with Crippen LogP contribution >= 0.6 is 15.9 Å². The molecule has 0 aliphatic carbocycles. The highest BCUT2D eigenvalue weighted by Gasteiger charge is 2.07. The Morgan fingerprint density at radius 2 is 2.21 bits per heavy atom. The summed E-state index contributed by atoms with van der Waals surface area (Å²) in [6, 6.07) is 5.69. The number of halogens is 1. The van der Waals surface area contributed by atoms with Gasteiger partial charge < -0.3 is 4.74 Å². The molecule has 14 heavy (non-hydrogen) atoms. The van der Waals surface area contributed by atoms with E-state index in [0.717, 1.165) is 15.8 Å². The van der Waals surface area contributed by atoms with Gasteiger partial charge in [0, 0.05) is 22.9 Å². The van der Waals surface area contributed by atoms with E-state index in [1.165, 1.54) is 0 Å². The number of hydrogen-bond acceptors (Lipinski definition) is 2. The van der Waals surface area contributed by atoms with Crippen LogP contribution in [0.1, 0.15) is 18.9 Å². The Morgan fingerprint density at radius 1 is 1.50 bits per heavy atom. The molecule has 0 atom stereocenters. The van der Waals surface area contributed by atoms with Crippen molar-refractivity contribution < 1.29 is 9.53 Å². The average molecular weight is 257 g/mol. The van der Waals surface area contributed by atoms with Gasteiger partial charge in [-0.2, -0.15) is 0 Å². The number of ketones is 1. The van der Waals surface area contributed by atoms with Crippen LogP contribution in [0.3, 0.4) is 0 Å². The van der Waals surface area contributed by atoms with E-state index in [4.69, 9.17) is 4.74 Å². The van der Waals surface area contributed by atoms with Crippen LogP contribution in [0.5, 0.6) is 5.75 Å². The Hall–Kier alpha value is -0.830. The first-order valence-corrected chi connectivity index (χ1v) is 5.30. The minimum absolute atomic E-state index is 0.224. The highest BCUT2D eigenvalue weighted by molar-refractivity contribution is 9.10. The molecule has 0 radical (unpaired) electrons. The van der Waals surface area contributed by atoms with Crippen LogP contribution in [0.2, 0.25) is 0 Å². The molecule has 0 bridgehead atoms. The number of ether oxygens (including phenoxy) is 1. The van der Waals surface area contributed by atoms with Gasteiger partial charge in [-0.3, -0.25) is 4.79 Å². The zero-order valence-corrected chi connectivity index (χ0v) is 9.93. The number of benzene rings is 1. The molecule has 0 unspecified atom stereocenters. The fourth-order valence-corrected chi connectivity index (χ4v) is 1.63. The van der Waals surface area contributed by atoms with Gasteiger partial charge in [-0.1, -0.05) is 22.9 Å². The number of carbonyl (C=O) groups is 1. The zero-order valence-electron chi connectivity index (χ0n) is 8.34. The Kier molecular flexibility index (Phi) is 4.14. The highest BCUT2D eigenvalue weighted by atomic mass is 79.9. The molecule has 76 valence electrons. The summed E-state index contributed by atoms with van der Waals surface area (Å²) < 4.78 is 6.14. The molecule has 0 heterocycles. The molecule has 0 saturated heterocycles. The lowest BCUT2D eigenvalue weighted by Gasteiger charge is -2.07. The molecule has 0 aliphatic heterocycles. The van der Waals surface area contributed by atoms with E-state index in [1.807, 2.05) is 25.1 Å². The van der Waals surface area contributed by atoms with Crippen LogP contribution in [-0.2, 0) is 11.2 Å². The van der Waals surface area contributed by atoms with Gasteiger partial charge in [-0.25, -0.2) is 0 Å². The van der Waals surface area contributed by atoms with E-state index < -0.39 is 0 Å². The predicted octanol–water partition coefficient (Wildman–Crippen LogP) is 2.98. The van der Waals surface area contributed by atoms with E-state index in [0.29, 0.717) is 12.8 Å². The highest BCUT2D eigenvalue weighted by Crippen LogP contribution is 2.23. The first kappa shape index (κ1) is 11.2. The second-order valence-corrected chi connectivity index (χ2v) is 3.94. The Morgan fingerprint density at radius 3 is 2.79 bits per heavy atom. The van der Waals surface area contributed by atoms with Crippen LogP contribution in [0.25, 0.3) is 0 Å². The van der Waals surface area contributed by atoms with Crippen molar-refractivity contribution in [3.63, 3.8) is 0 Å². The Bertz CT molecular complexity index is 334. The van der Waals surface area contributed by atoms with Crippen molar-refractivity contribution in [2.75, 3.05) is 7.11 Å². The molecule has 2 nitrogen and oxygen atoms in total. The molecular formula is C11H13BrO2. The molecule has 1 aromatic rings. The number of rotatable bonds is 4. The topological polar surface area (TPSA) is 26.3 Å². The lowest BCUT2D eigenvalue weighted by atomic mass is 10.1. The summed E-state index contributed by atoms with van der Waals surface area (Å²) in [7, 11) is 1.61. The van der Waals surface area contributed by atoms with Crippen molar-refractivity contribution in [3.05, 3.63) is 28.2 Å². The first-order valence-electron chi connectivity index (χ1n) is 4.51. The second-order valence-electron chi connectivity index (χ2n) is 3.03. The normalized spacial score (nSPS) is 9.93. The maximum atomic E-state index is 11.3. The summed E-state index contributed by atoms with van der Waals surface area (Å²) in [5.74, 6) is 0.997. The van der Waals surface area contributed by atoms with Crippen molar-refractivity contribution in [1.29, 1.82) is 0 Å². The second kappa shape index (κ2) is 5.15. The zero-order chi connectivity index (χ0) is 10.6. The van der Waals surface area contributed by atoms with Gasteiger partial charge in [-0.05, 0) is 18.2 Å². The summed E-state index contributed by atoms with van der Waals surface area (Å²) in [5, 5.41) is 0. The van der Waals surface area contributed by atoms with Gasteiger partial charge in [0.25, 0.3) is 0 Å². The van der Waals surface area contributed by atoms with Crippen LogP contribution in [-0.4, -0.2) is 12.9 Å².